The fraction of sp³-hybridized carbons (Fsp3) is 0.143. The van der Waals surface area contributed by atoms with E-state index in [1.165, 1.54) is 11.8 Å². The molecule has 30 heavy (non-hydrogen) atoms. The van der Waals surface area contributed by atoms with Gasteiger partial charge in [0, 0.05) is 6.20 Å². The van der Waals surface area contributed by atoms with Crippen molar-refractivity contribution in [1.29, 1.82) is 0 Å². The van der Waals surface area contributed by atoms with Gasteiger partial charge in [-0.1, -0.05) is 17.8 Å². The molecular formula is C21H19N5O3S. The summed E-state index contributed by atoms with van der Waals surface area (Å²) in [5.41, 5.74) is 1.54. The third-order valence-electron chi connectivity index (χ3n) is 4.23. The summed E-state index contributed by atoms with van der Waals surface area (Å²) >= 11 is 1.30. The van der Waals surface area contributed by atoms with Crippen LogP contribution in [0.5, 0.6) is 5.75 Å². The van der Waals surface area contributed by atoms with Crippen molar-refractivity contribution in [2.24, 2.45) is 0 Å². The van der Waals surface area contributed by atoms with E-state index in [2.05, 4.69) is 20.5 Å². The molecule has 152 valence electrons. The lowest BCUT2D eigenvalue weighted by Crippen LogP contribution is -2.24. The van der Waals surface area contributed by atoms with Crippen LogP contribution in [0.2, 0.25) is 0 Å². The number of pyridine rings is 1. The molecule has 0 unspecified atom stereocenters. The van der Waals surface area contributed by atoms with E-state index in [4.69, 9.17) is 9.15 Å². The number of aromatic nitrogens is 4. The molecule has 8 nitrogen and oxygen atoms in total. The van der Waals surface area contributed by atoms with Gasteiger partial charge < -0.3 is 14.5 Å². The van der Waals surface area contributed by atoms with E-state index in [0.717, 1.165) is 11.4 Å². The first-order valence-corrected chi connectivity index (χ1v) is 10.2. The van der Waals surface area contributed by atoms with Crippen molar-refractivity contribution in [1.82, 2.24) is 25.1 Å². The predicted octanol–water partition coefficient (Wildman–Crippen LogP) is 3.34. The predicted molar refractivity (Wildman–Crippen MR) is 112 cm³/mol. The second-order valence-corrected chi connectivity index (χ2v) is 7.14. The Morgan fingerprint density at radius 3 is 2.70 bits per heavy atom. The molecule has 3 heterocycles. The minimum Gasteiger partial charge on any atom is -0.497 e. The first kappa shape index (κ1) is 19.7. The van der Waals surface area contributed by atoms with Crippen LogP contribution in [0.25, 0.3) is 17.2 Å². The van der Waals surface area contributed by atoms with Gasteiger partial charge in [0.05, 0.1) is 31.4 Å². The number of carbonyl (C=O) groups is 1. The Morgan fingerprint density at radius 1 is 1.13 bits per heavy atom. The average molecular weight is 421 g/mol. The van der Waals surface area contributed by atoms with Gasteiger partial charge in [0.1, 0.15) is 17.2 Å². The van der Waals surface area contributed by atoms with Gasteiger partial charge in [-0.3, -0.25) is 14.3 Å². The molecule has 0 atom stereocenters. The first-order valence-electron chi connectivity index (χ1n) is 9.18. The lowest BCUT2D eigenvalue weighted by Gasteiger charge is -2.10. The van der Waals surface area contributed by atoms with Crippen LogP contribution in [0.3, 0.4) is 0 Å². The summed E-state index contributed by atoms with van der Waals surface area (Å²) in [5, 5.41) is 12.0. The normalized spacial score (nSPS) is 10.7. The number of amides is 1. The number of hydrogen-bond donors (Lipinski definition) is 1. The van der Waals surface area contributed by atoms with E-state index in [0.29, 0.717) is 29.0 Å². The molecule has 0 aliphatic heterocycles. The number of carbonyl (C=O) groups excluding carboxylic acids is 1. The Balaban J connectivity index is 1.56. The highest BCUT2D eigenvalue weighted by atomic mass is 32.2. The van der Waals surface area contributed by atoms with Gasteiger partial charge in [-0.25, -0.2) is 0 Å². The second-order valence-electron chi connectivity index (χ2n) is 6.20. The topological polar surface area (TPSA) is 95.1 Å². The largest absolute Gasteiger partial charge is 0.497 e. The SMILES string of the molecule is COc1ccc(-n2c(SCC(=O)NCc3ccco3)nnc2-c2ccccn2)cc1. The molecule has 4 rings (SSSR count). The third-order valence-corrected chi connectivity index (χ3v) is 5.16. The van der Waals surface area contributed by atoms with E-state index in [1.54, 1.807) is 25.6 Å². The molecule has 1 N–H and O–H groups in total. The molecule has 4 aromatic rings. The Labute approximate surface area is 177 Å². The molecule has 0 spiro atoms. The molecule has 3 aromatic heterocycles. The number of furan rings is 1. The van der Waals surface area contributed by atoms with Crippen LogP contribution in [-0.2, 0) is 11.3 Å². The molecule has 9 heteroatoms. The van der Waals surface area contributed by atoms with E-state index in [1.807, 2.05) is 53.1 Å². The van der Waals surface area contributed by atoms with Gasteiger partial charge in [-0.2, -0.15) is 0 Å². The fourth-order valence-electron chi connectivity index (χ4n) is 2.77. The van der Waals surface area contributed by atoms with Gasteiger partial charge in [-0.05, 0) is 48.5 Å². The zero-order chi connectivity index (χ0) is 20.8. The molecule has 0 aliphatic rings. The van der Waals surface area contributed by atoms with Crippen molar-refractivity contribution in [3.8, 4) is 23.0 Å². The summed E-state index contributed by atoms with van der Waals surface area (Å²) in [4.78, 5) is 16.6. The number of ether oxygens (including phenoxy) is 1. The van der Waals surface area contributed by atoms with Crippen molar-refractivity contribution in [2.75, 3.05) is 12.9 Å². The lowest BCUT2D eigenvalue weighted by atomic mass is 10.3. The van der Waals surface area contributed by atoms with Crippen LogP contribution in [0.4, 0.5) is 0 Å². The van der Waals surface area contributed by atoms with Crippen molar-refractivity contribution in [3.63, 3.8) is 0 Å². The lowest BCUT2D eigenvalue weighted by molar-refractivity contribution is -0.118. The van der Waals surface area contributed by atoms with Crippen LogP contribution in [0.15, 0.2) is 76.6 Å². The van der Waals surface area contributed by atoms with E-state index in [-0.39, 0.29) is 11.7 Å². The molecule has 0 saturated carbocycles. The monoisotopic (exact) mass is 421 g/mol. The summed E-state index contributed by atoms with van der Waals surface area (Å²) in [5.74, 6) is 2.11. The van der Waals surface area contributed by atoms with Gasteiger partial charge in [-0.15, -0.1) is 10.2 Å². The maximum atomic E-state index is 12.3. The Bertz CT molecular complexity index is 1100. The fourth-order valence-corrected chi connectivity index (χ4v) is 3.55. The quantitative estimate of drug-likeness (QED) is 0.436. The van der Waals surface area contributed by atoms with Crippen LogP contribution >= 0.6 is 11.8 Å². The highest BCUT2D eigenvalue weighted by Gasteiger charge is 2.18. The maximum Gasteiger partial charge on any atom is 0.230 e. The van der Waals surface area contributed by atoms with Crippen molar-refractivity contribution < 1.29 is 13.9 Å². The number of thioether (sulfide) groups is 1. The third kappa shape index (κ3) is 4.52. The van der Waals surface area contributed by atoms with Crippen LogP contribution in [0.1, 0.15) is 5.76 Å². The Morgan fingerprint density at radius 2 is 2.00 bits per heavy atom. The van der Waals surface area contributed by atoms with Gasteiger partial charge >= 0.3 is 0 Å². The molecule has 0 fully saturated rings. The molecule has 1 aromatic carbocycles. The minimum absolute atomic E-state index is 0.125. The van der Waals surface area contributed by atoms with Gasteiger partial charge in [0.2, 0.25) is 5.91 Å². The van der Waals surface area contributed by atoms with E-state index in [9.17, 15) is 4.79 Å². The molecule has 0 saturated heterocycles. The van der Waals surface area contributed by atoms with E-state index >= 15 is 0 Å². The zero-order valence-corrected chi connectivity index (χ0v) is 17.0. The number of methoxy groups -OCH3 is 1. The Hall–Kier alpha value is -3.59. The number of hydrogen-bond acceptors (Lipinski definition) is 7. The van der Waals surface area contributed by atoms with Crippen LogP contribution < -0.4 is 10.1 Å². The van der Waals surface area contributed by atoms with Crippen molar-refractivity contribution >= 4 is 17.7 Å². The minimum atomic E-state index is -0.125. The van der Waals surface area contributed by atoms with Crippen molar-refractivity contribution in [2.45, 2.75) is 11.7 Å². The number of benzene rings is 1. The number of rotatable bonds is 8. The number of nitrogens with zero attached hydrogens (tertiary/aromatic N) is 4. The summed E-state index contributed by atoms with van der Waals surface area (Å²) in [6.07, 6.45) is 3.28. The second kappa shape index (κ2) is 9.27. The maximum absolute atomic E-state index is 12.3. The summed E-state index contributed by atoms with van der Waals surface area (Å²) in [7, 11) is 1.62. The standard InChI is InChI=1S/C21H19N5O3S/c1-28-16-9-7-15(8-10-16)26-20(18-6-2-3-11-22-18)24-25-21(26)30-14-19(27)23-13-17-5-4-12-29-17/h2-12H,13-14H2,1H3,(H,23,27). The molecule has 1 amide bonds. The summed E-state index contributed by atoms with van der Waals surface area (Å²) in [6, 6.07) is 16.8. The van der Waals surface area contributed by atoms with Crippen LogP contribution in [-0.4, -0.2) is 38.5 Å². The smallest absolute Gasteiger partial charge is 0.230 e. The number of nitrogens with one attached hydrogen (secondary N) is 1. The van der Waals surface area contributed by atoms with Gasteiger partial charge in [0.25, 0.3) is 0 Å². The molecule has 0 radical (unpaired) electrons. The molecular weight excluding hydrogens is 402 g/mol. The van der Waals surface area contributed by atoms with E-state index < -0.39 is 0 Å². The first-order chi connectivity index (χ1) is 14.7. The van der Waals surface area contributed by atoms with Crippen LogP contribution in [0, 0.1) is 0 Å². The highest BCUT2D eigenvalue weighted by molar-refractivity contribution is 7.99. The van der Waals surface area contributed by atoms with Gasteiger partial charge in [0.15, 0.2) is 11.0 Å². The Kier molecular flexibility index (Phi) is 6.09. The average Bonchev–Trinajstić information content (AvgIpc) is 3.47. The summed E-state index contributed by atoms with van der Waals surface area (Å²) < 4.78 is 12.4. The zero-order valence-electron chi connectivity index (χ0n) is 16.2. The molecule has 0 bridgehead atoms. The highest BCUT2D eigenvalue weighted by Crippen LogP contribution is 2.27. The summed E-state index contributed by atoms with van der Waals surface area (Å²) in [6.45, 7) is 0.344. The van der Waals surface area contributed by atoms with Crippen molar-refractivity contribution in [3.05, 3.63) is 72.8 Å². The molecule has 0 aliphatic carbocycles.